The van der Waals surface area contributed by atoms with Gasteiger partial charge >= 0.3 is 0 Å². The average Bonchev–Trinajstić information content (AvgIpc) is 3.14. The zero-order valence-electron chi connectivity index (χ0n) is 18.0. The number of nitrogens with one attached hydrogen (secondary N) is 2. The van der Waals surface area contributed by atoms with Crippen molar-refractivity contribution in [1.29, 1.82) is 0 Å². The van der Waals surface area contributed by atoms with Gasteiger partial charge < -0.3 is 20.3 Å². The van der Waals surface area contributed by atoms with Gasteiger partial charge in [0.25, 0.3) is 0 Å². The lowest BCUT2D eigenvalue weighted by Gasteiger charge is -2.20. The third-order valence-electron chi connectivity index (χ3n) is 5.53. The van der Waals surface area contributed by atoms with Crippen LogP contribution in [0.3, 0.4) is 0 Å². The third-order valence-corrected chi connectivity index (χ3v) is 5.53. The van der Waals surface area contributed by atoms with Gasteiger partial charge in [-0.1, -0.05) is 24.3 Å². The van der Waals surface area contributed by atoms with Crippen LogP contribution in [0.1, 0.15) is 37.3 Å². The summed E-state index contributed by atoms with van der Waals surface area (Å²) < 4.78 is 5.68. The van der Waals surface area contributed by atoms with Crippen LogP contribution in [0.4, 0.5) is 0 Å². The summed E-state index contributed by atoms with van der Waals surface area (Å²) in [6, 6.07) is 8.94. The van der Waals surface area contributed by atoms with Gasteiger partial charge in [-0.2, -0.15) is 0 Å². The van der Waals surface area contributed by atoms with Crippen molar-refractivity contribution in [3.8, 4) is 0 Å². The smallest absolute Gasteiger partial charge is 0.191 e. The van der Waals surface area contributed by atoms with Crippen molar-refractivity contribution in [3.05, 3.63) is 35.4 Å². The molecule has 29 heavy (non-hydrogen) atoms. The molecule has 2 heterocycles. The minimum atomic E-state index is 0. The molecule has 0 saturated carbocycles. The number of nitrogens with zero attached hydrogens (tertiary/aromatic N) is 3. The summed E-state index contributed by atoms with van der Waals surface area (Å²) in [6.07, 6.45) is 3.89. The summed E-state index contributed by atoms with van der Waals surface area (Å²) >= 11 is 0. The Hall–Kier alpha value is -0.900. The Kier molecular flexibility index (Phi) is 11.3. The van der Waals surface area contributed by atoms with Gasteiger partial charge in [0.2, 0.25) is 0 Å². The molecule has 2 saturated heterocycles. The summed E-state index contributed by atoms with van der Waals surface area (Å²) in [5.41, 5.74) is 2.63. The molecule has 0 radical (unpaired) electrons. The maximum atomic E-state index is 5.68. The first-order chi connectivity index (χ1) is 13.7. The van der Waals surface area contributed by atoms with Gasteiger partial charge in [-0.15, -0.1) is 24.0 Å². The first kappa shape index (κ1) is 24.4. The number of benzene rings is 1. The number of aliphatic imine (C=N–C) groups is 1. The zero-order valence-corrected chi connectivity index (χ0v) is 20.4. The Morgan fingerprint density at radius 3 is 2.59 bits per heavy atom. The second kappa shape index (κ2) is 13.4. The minimum absolute atomic E-state index is 0. The highest BCUT2D eigenvalue weighted by atomic mass is 127. The van der Waals surface area contributed by atoms with Crippen molar-refractivity contribution in [1.82, 2.24) is 20.4 Å². The number of rotatable bonds is 7. The van der Waals surface area contributed by atoms with E-state index in [9.17, 15) is 0 Å². The molecule has 164 valence electrons. The van der Waals surface area contributed by atoms with Crippen LogP contribution in [0.15, 0.2) is 29.3 Å². The maximum Gasteiger partial charge on any atom is 0.191 e. The SMILES string of the molecule is CCNC(=NCc1ccc(CN2CCCN(C)CC2)cc1)NCC1CCCO1.I. The van der Waals surface area contributed by atoms with Crippen LogP contribution >= 0.6 is 24.0 Å². The molecule has 1 atom stereocenters. The van der Waals surface area contributed by atoms with Crippen LogP contribution in [-0.2, 0) is 17.8 Å². The summed E-state index contributed by atoms with van der Waals surface area (Å²) in [5.74, 6) is 0.871. The Balaban J connectivity index is 0.00000300. The predicted molar refractivity (Wildman–Crippen MR) is 131 cm³/mol. The van der Waals surface area contributed by atoms with Crippen LogP contribution in [0.25, 0.3) is 0 Å². The molecule has 2 aliphatic heterocycles. The lowest BCUT2D eigenvalue weighted by atomic mass is 10.1. The molecule has 0 spiro atoms. The van der Waals surface area contributed by atoms with Crippen LogP contribution < -0.4 is 10.6 Å². The molecule has 0 aliphatic carbocycles. The predicted octanol–water partition coefficient (Wildman–Crippen LogP) is 2.68. The fraction of sp³-hybridized carbons (Fsp3) is 0.682. The molecule has 1 unspecified atom stereocenters. The van der Waals surface area contributed by atoms with Crippen molar-refractivity contribution < 1.29 is 4.74 Å². The van der Waals surface area contributed by atoms with Gasteiger partial charge in [0, 0.05) is 39.3 Å². The van der Waals surface area contributed by atoms with Crippen molar-refractivity contribution in [2.45, 2.75) is 45.4 Å². The van der Waals surface area contributed by atoms with E-state index in [4.69, 9.17) is 9.73 Å². The highest BCUT2D eigenvalue weighted by Crippen LogP contribution is 2.12. The Labute approximate surface area is 193 Å². The number of likely N-dealkylation sites (N-methyl/N-ethyl adjacent to an activating group) is 1. The highest BCUT2D eigenvalue weighted by molar-refractivity contribution is 14.0. The molecule has 0 aromatic heterocycles. The average molecular weight is 515 g/mol. The van der Waals surface area contributed by atoms with Gasteiger partial charge in [0.05, 0.1) is 12.6 Å². The van der Waals surface area contributed by atoms with Crippen LogP contribution in [0, 0.1) is 0 Å². The zero-order chi connectivity index (χ0) is 19.6. The molecule has 2 aliphatic rings. The van der Waals surface area contributed by atoms with E-state index in [-0.39, 0.29) is 24.0 Å². The maximum absolute atomic E-state index is 5.68. The van der Waals surface area contributed by atoms with E-state index < -0.39 is 0 Å². The molecule has 0 amide bonds. The van der Waals surface area contributed by atoms with Gasteiger partial charge in [-0.05, 0) is 57.5 Å². The molecule has 6 nitrogen and oxygen atoms in total. The van der Waals surface area contributed by atoms with E-state index in [1.165, 1.54) is 43.6 Å². The standard InChI is InChI=1S/C22H37N5O.HI/c1-3-23-22(25-17-21-6-4-15-28-21)24-16-19-7-9-20(10-8-19)18-27-12-5-11-26(2)13-14-27;/h7-10,21H,3-6,11-18H2,1-2H3,(H2,23,24,25);1H. The number of hydrogen-bond acceptors (Lipinski definition) is 4. The van der Waals surface area contributed by atoms with E-state index >= 15 is 0 Å². The molecule has 0 bridgehead atoms. The lowest BCUT2D eigenvalue weighted by Crippen LogP contribution is -2.41. The largest absolute Gasteiger partial charge is 0.376 e. The first-order valence-corrected chi connectivity index (χ1v) is 10.9. The Morgan fingerprint density at radius 1 is 1.07 bits per heavy atom. The van der Waals surface area contributed by atoms with Gasteiger partial charge in [-0.25, -0.2) is 4.99 Å². The second-order valence-corrected chi connectivity index (χ2v) is 7.96. The van der Waals surface area contributed by atoms with Gasteiger partial charge in [-0.3, -0.25) is 4.90 Å². The quantitative estimate of drug-likeness (QED) is 0.333. The number of guanidine groups is 1. The summed E-state index contributed by atoms with van der Waals surface area (Å²) in [6.45, 7) is 11.1. The molecular formula is C22H38IN5O. The molecule has 7 heteroatoms. The minimum Gasteiger partial charge on any atom is -0.376 e. The lowest BCUT2D eigenvalue weighted by molar-refractivity contribution is 0.114. The normalized spacial score (nSPS) is 21.4. The monoisotopic (exact) mass is 515 g/mol. The topological polar surface area (TPSA) is 52.1 Å². The third kappa shape index (κ3) is 8.78. The van der Waals surface area contributed by atoms with Crippen LogP contribution in [0.5, 0.6) is 0 Å². The molecule has 1 aromatic carbocycles. The number of ether oxygens (including phenoxy) is 1. The van der Waals surface area contributed by atoms with E-state index in [0.717, 1.165) is 45.2 Å². The van der Waals surface area contributed by atoms with E-state index in [2.05, 4.69) is 58.7 Å². The molecule has 2 N–H and O–H groups in total. The highest BCUT2D eigenvalue weighted by Gasteiger charge is 2.15. The van der Waals surface area contributed by atoms with Crippen molar-refractivity contribution in [2.75, 3.05) is 52.9 Å². The molecule has 2 fully saturated rings. The second-order valence-electron chi connectivity index (χ2n) is 7.96. The summed E-state index contributed by atoms with van der Waals surface area (Å²) in [4.78, 5) is 9.72. The van der Waals surface area contributed by atoms with Crippen molar-refractivity contribution in [2.24, 2.45) is 4.99 Å². The fourth-order valence-corrected chi connectivity index (χ4v) is 3.79. The molecule has 3 rings (SSSR count). The Morgan fingerprint density at radius 2 is 1.86 bits per heavy atom. The fourth-order valence-electron chi connectivity index (χ4n) is 3.79. The van der Waals surface area contributed by atoms with E-state index in [1.54, 1.807) is 0 Å². The van der Waals surface area contributed by atoms with Gasteiger partial charge in [0.15, 0.2) is 5.96 Å². The van der Waals surface area contributed by atoms with Crippen LogP contribution in [-0.4, -0.2) is 74.8 Å². The number of halogens is 1. The Bertz CT molecular complexity index is 604. The van der Waals surface area contributed by atoms with E-state index in [0.29, 0.717) is 12.6 Å². The summed E-state index contributed by atoms with van der Waals surface area (Å²) in [5, 5.41) is 6.74. The molecule has 1 aromatic rings. The van der Waals surface area contributed by atoms with Crippen molar-refractivity contribution >= 4 is 29.9 Å². The van der Waals surface area contributed by atoms with E-state index in [1.807, 2.05) is 0 Å². The number of hydrogen-bond donors (Lipinski definition) is 2. The van der Waals surface area contributed by atoms with Crippen LogP contribution in [0.2, 0.25) is 0 Å². The summed E-state index contributed by atoms with van der Waals surface area (Å²) in [7, 11) is 2.22. The molecular weight excluding hydrogens is 477 g/mol. The van der Waals surface area contributed by atoms with Crippen molar-refractivity contribution in [3.63, 3.8) is 0 Å². The van der Waals surface area contributed by atoms with Gasteiger partial charge in [0.1, 0.15) is 0 Å². The first-order valence-electron chi connectivity index (χ1n) is 10.9.